The molecule has 2 rings (SSSR count). The third kappa shape index (κ3) is 7.88. The van der Waals surface area contributed by atoms with E-state index in [2.05, 4.69) is 5.32 Å². The summed E-state index contributed by atoms with van der Waals surface area (Å²) in [6.07, 6.45) is 0.408. The van der Waals surface area contributed by atoms with Crippen LogP contribution in [0.2, 0.25) is 0 Å². The number of carbonyl (C=O) groups is 3. The molecule has 2 aromatic carbocycles. The number of para-hydroxylation sites is 2. The second-order valence-electron chi connectivity index (χ2n) is 6.52. The highest BCUT2D eigenvalue weighted by Crippen LogP contribution is 2.24. The van der Waals surface area contributed by atoms with Crippen LogP contribution in [0.15, 0.2) is 48.5 Å². The monoisotopic (exact) mass is 431 g/mol. The quantitative estimate of drug-likeness (QED) is 0.317. The summed E-state index contributed by atoms with van der Waals surface area (Å²) in [7, 11) is 0. The molecule has 160 valence electrons. The second kappa shape index (κ2) is 12.0. The first-order valence-electron chi connectivity index (χ1n) is 9.43. The molecule has 0 amide bonds. The van der Waals surface area contributed by atoms with Crippen LogP contribution in [-0.4, -0.2) is 34.8 Å². The highest BCUT2D eigenvalue weighted by Gasteiger charge is 2.17. The minimum absolute atomic E-state index is 0.264. The normalized spacial score (nSPS) is 11.5. The molecule has 1 atom stereocenters. The molecule has 2 N–H and O–H groups in total. The number of rotatable bonds is 11. The molecule has 0 aromatic heterocycles. The Labute approximate surface area is 179 Å². The van der Waals surface area contributed by atoms with Gasteiger partial charge in [0.1, 0.15) is 17.5 Å². The van der Waals surface area contributed by atoms with Crippen molar-refractivity contribution in [2.24, 2.45) is 0 Å². The van der Waals surface area contributed by atoms with E-state index in [0.717, 1.165) is 5.56 Å². The Kier molecular flexibility index (Phi) is 9.37. The summed E-state index contributed by atoms with van der Waals surface area (Å²) >= 11 is 1.56. The largest absolute Gasteiger partial charge is 0.480 e. The number of nitrogens with one attached hydrogen (secondary N) is 1. The summed E-state index contributed by atoms with van der Waals surface area (Å²) in [5.41, 5.74) is 1.59. The van der Waals surface area contributed by atoms with Crippen molar-refractivity contribution in [2.45, 2.75) is 38.6 Å². The first kappa shape index (κ1) is 23.4. The van der Waals surface area contributed by atoms with Gasteiger partial charge in [-0.25, -0.2) is 0 Å². The van der Waals surface area contributed by atoms with E-state index in [9.17, 15) is 19.5 Å². The molecule has 0 aliphatic carbocycles. The van der Waals surface area contributed by atoms with Crippen LogP contribution in [0.3, 0.4) is 0 Å². The van der Waals surface area contributed by atoms with Gasteiger partial charge in [-0.2, -0.15) is 11.8 Å². The molecule has 0 heterocycles. The topological polar surface area (TPSA) is 102 Å². The number of ether oxygens (including phenoxy) is 2. The Morgan fingerprint density at radius 1 is 0.933 bits per heavy atom. The maximum absolute atomic E-state index is 11.6. The number of esters is 2. The van der Waals surface area contributed by atoms with Crippen LogP contribution in [0.4, 0.5) is 0 Å². The molecule has 0 radical (unpaired) electrons. The summed E-state index contributed by atoms with van der Waals surface area (Å²) in [6, 6.07) is 13.5. The van der Waals surface area contributed by atoms with Gasteiger partial charge in [0.05, 0.1) is 0 Å². The van der Waals surface area contributed by atoms with Crippen molar-refractivity contribution in [1.29, 1.82) is 0 Å². The maximum atomic E-state index is 11.6. The summed E-state index contributed by atoms with van der Waals surface area (Å²) < 4.78 is 10.4. The van der Waals surface area contributed by atoms with E-state index in [-0.39, 0.29) is 12.5 Å². The van der Waals surface area contributed by atoms with Gasteiger partial charge in [0.2, 0.25) is 0 Å². The van der Waals surface area contributed by atoms with Gasteiger partial charge in [-0.15, -0.1) is 0 Å². The second-order valence-corrected chi connectivity index (χ2v) is 7.62. The predicted molar refractivity (Wildman–Crippen MR) is 115 cm³/mol. The SMILES string of the molecule is CC(=O)Oc1ccccc1CNC(CCSCc1ccccc1OC(C)=O)C(=O)O. The molecule has 0 bridgehead atoms. The van der Waals surface area contributed by atoms with E-state index in [1.54, 1.807) is 48.2 Å². The Bertz CT molecular complexity index is 885. The summed E-state index contributed by atoms with van der Waals surface area (Å²) in [5.74, 6) is 0.389. The van der Waals surface area contributed by atoms with Gasteiger partial charge in [-0.05, 0) is 24.3 Å². The van der Waals surface area contributed by atoms with Gasteiger partial charge in [-0.3, -0.25) is 14.4 Å². The highest BCUT2D eigenvalue weighted by molar-refractivity contribution is 7.98. The Hall–Kier alpha value is -2.84. The van der Waals surface area contributed by atoms with Gasteiger partial charge in [0.15, 0.2) is 0 Å². The Morgan fingerprint density at radius 2 is 1.47 bits per heavy atom. The molecular weight excluding hydrogens is 406 g/mol. The van der Waals surface area contributed by atoms with Crippen molar-refractivity contribution in [3.8, 4) is 11.5 Å². The smallest absolute Gasteiger partial charge is 0.320 e. The number of hydrogen-bond acceptors (Lipinski definition) is 7. The van der Waals surface area contributed by atoms with E-state index in [1.807, 2.05) is 12.1 Å². The lowest BCUT2D eigenvalue weighted by molar-refractivity contribution is -0.139. The van der Waals surface area contributed by atoms with E-state index in [4.69, 9.17) is 9.47 Å². The van der Waals surface area contributed by atoms with Crippen molar-refractivity contribution in [3.05, 3.63) is 59.7 Å². The molecule has 0 saturated carbocycles. The number of carboxylic acids is 1. The molecule has 1 unspecified atom stereocenters. The summed E-state index contributed by atoms with van der Waals surface area (Å²) in [4.78, 5) is 34.0. The molecule has 0 fully saturated rings. The fourth-order valence-corrected chi connectivity index (χ4v) is 3.72. The summed E-state index contributed by atoms with van der Waals surface area (Å²) in [5, 5.41) is 12.5. The van der Waals surface area contributed by atoms with Gasteiger partial charge in [0.25, 0.3) is 0 Å². The van der Waals surface area contributed by atoms with Gasteiger partial charge < -0.3 is 19.9 Å². The van der Waals surface area contributed by atoms with Crippen molar-refractivity contribution in [2.75, 3.05) is 5.75 Å². The van der Waals surface area contributed by atoms with Gasteiger partial charge in [-0.1, -0.05) is 36.4 Å². The van der Waals surface area contributed by atoms with Crippen molar-refractivity contribution in [3.63, 3.8) is 0 Å². The average Bonchev–Trinajstić information content (AvgIpc) is 2.68. The lowest BCUT2D eigenvalue weighted by Crippen LogP contribution is -2.36. The molecule has 8 heteroatoms. The zero-order valence-electron chi connectivity index (χ0n) is 16.9. The zero-order valence-corrected chi connectivity index (χ0v) is 17.7. The maximum Gasteiger partial charge on any atom is 0.320 e. The first-order chi connectivity index (χ1) is 14.4. The van der Waals surface area contributed by atoms with Crippen molar-refractivity contribution >= 4 is 29.7 Å². The van der Waals surface area contributed by atoms with Crippen LogP contribution in [-0.2, 0) is 26.7 Å². The molecule has 7 nitrogen and oxygen atoms in total. The minimum atomic E-state index is -0.944. The predicted octanol–water partition coefficient (Wildman–Crippen LogP) is 3.40. The van der Waals surface area contributed by atoms with Crippen LogP contribution in [0.25, 0.3) is 0 Å². The van der Waals surface area contributed by atoms with E-state index < -0.39 is 18.0 Å². The van der Waals surface area contributed by atoms with E-state index >= 15 is 0 Å². The third-order valence-electron chi connectivity index (χ3n) is 4.10. The van der Waals surface area contributed by atoms with Crippen LogP contribution in [0, 0.1) is 0 Å². The van der Waals surface area contributed by atoms with E-state index in [1.165, 1.54) is 13.8 Å². The standard InChI is InChI=1S/C22H25NO6S/c1-15(24)28-20-9-5-3-7-17(20)13-23-19(22(26)27)11-12-30-14-18-8-4-6-10-21(18)29-16(2)25/h3-10,19,23H,11-14H2,1-2H3,(H,26,27). The molecular formula is C22H25NO6S. The van der Waals surface area contributed by atoms with Crippen LogP contribution < -0.4 is 14.8 Å². The molecule has 0 aliphatic rings. The molecule has 0 aliphatic heterocycles. The number of carboxylic acid groups (broad SMARTS) is 1. The lowest BCUT2D eigenvalue weighted by Gasteiger charge is -2.16. The zero-order chi connectivity index (χ0) is 21.9. The van der Waals surface area contributed by atoms with Gasteiger partial charge >= 0.3 is 17.9 Å². The number of hydrogen-bond donors (Lipinski definition) is 2. The Balaban J connectivity index is 1.87. The highest BCUT2D eigenvalue weighted by atomic mass is 32.2. The fourth-order valence-electron chi connectivity index (χ4n) is 2.71. The number of benzene rings is 2. The number of aliphatic carboxylic acids is 1. The van der Waals surface area contributed by atoms with E-state index in [0.29, 0.717) is 35.0 Å². The molecule has 30 heavy (non-hydrogen) atoms. The fraction of sp³-hybridized carbons (Fsp3) is 0.318. The van der Waals surface area contributed by atoms with Crippen LogP contribution in [0.1, 0.15) is 31.4 Å². The van der Waals surface area contributed by atoms with Crippen LogP contribution in [0.5, 0.6) is 11.5 Å². The first-order valence-corrected chi connectivity index (χ1v) is 10.6. The number of carbonyl (C=O) groups excluding carboxylic acids is 2. The van der Waals surface area contributed by atoms with Crippen molar-refractivity contribution in [1.82, 2.24) is 5.32 Å². The molecule has 2 aromatic rings. The summed E-state index contributed by atoms with van der Waals surface area (Å²) in [6.45, 7) is 2.94. The third-order valence-corrected chi connectivity index (χ3v) is 5.14. The lowest BCUT2D eigenvalue weighted by atomic mass is 10.1. The molecule has 0 spiro atoms. The average molecular weight is 432 g/mol. The van der Waals surface area contributed by atoms with Gasteiger partial charge in [0, 0.05) is 37.3 Å². The minimum Gasteiger partial charge on any atom is -0.480 e. The van der Waals surface area contributed by atoms with Crippen molar-refractivity contribution < 1.29 is 29.0 Å². The Morgan fingerprint density at radius 3 is 2.03 bits per heavy atom. The number of thioether (sulfide) groups is 1. The van der Waals surface area contributed by atoms with Crippen LogP contribution >= 0.6 is 11.8 Å². The molecule has 0 saturated heterocycles.